The second kappa shape index (κ2) is 13.2. The van der Waals surface area contributed by atoms with Crippen molar-refractivity contribution in [3.63, 3.8) is 0 Å². The van der Waals surface area contributed by atoms with Crippen molar-refractivity contribution in [2.75, 3.05) is 32.7 Å². The third-order valence-electron chi connectivity index (χ3n) is 7.43. The Balaban J connectivity index is 1.62. The molecule has 0 bridgehead atoms. The molecule has 2 aromatic heterocycles. The molecule has 1 fully saturated rings. The fourth-order valence-corrected chi connectivity index (χ4v) is 5.13. The summed E-state index contributed by atoms with van der Waals surface area (Å²) in [5.41, 5.74) is 3.58. The Kier molecular flexibility index (Phi) is 9.73. The number of imidazole rings is 1. The first-order valence-electron chi connectivity index (χ1n) is 14.4. The van der Waals surface area contributed by atoms with Crippen LogP contribution in [0, 0.1) is 11.8 Å². The number of amides is 1. The zero-order valence-electron chi connectivity index (χ0n) is 23.3. The molecular formula is C31H45N5O. The van der Waals surface area contributed by atoms with Crippen LogP contribution in [0.3, 0.4) is 0 Å². The lowest BCUT2D eigenvalue weighted by Gasteiger charge is -2.26. The van der Waals surface area contributed by atoms with Crippen molar-refractivity contribution in [2.24, 2.45) is 11.8 Å². The Labute approximate surface area is 223 Å². The normalized spacial score (nSPS) is 14.6. The standard InChI is InChI=1S/C31H45N5O/c1-24(2)14-21-35(22-15-25(3)4)31(37)26-12-13-27-29(23-26)36(20-10-19-34-17-8-5-9-18-34)30(33-27)28-11-6-7-16-32-28/h6-7,11-13,16,23-25H,5,8-10,14-15,17-22H2,1-4H3. The van der Waals surface area contributed by atoms with Crippen LogP contribution in [-0.4, -0.2) is 63.0 Å². The molecule has 37 heavy (non-hydrogen) atoms. The van der Waals surface area contributed by atoms with Crippen LogP contribution in [0.25, 0.3) is 22.6 Å². The molecule has 1 aliphatic heterocycles. The number of hydrogen-bond donors (Lipinski definition) is 0. The Morgan fingerprint density at radius 3 is 2.32 bits per heavy atom. The molecule has 4 rings (SSSR count). The molecule has 6 nitrogen and oxygen atoms in total. The van der Waals surface area contributed by atoms with E-state index in [1.54, 1.807) is 0 Å². The lowest BCUT2D eigenvalue weighted by Crippen LogP contribution is -2.34. The van der Waals surface area contributed by atoms with E-state index in [2.05, 4.69) is 53.1 Å². The van der Waals surface area contributed by atoms with Crippen LogP contribution in [0.15, 0.2) is 42.6 Å². The molecule has 3 aromatic rings. The maximum Gasteiger partial charge on any atom is 0.253 e. The van der Waals surface area contributed by atoms with Crippen LogP contribution in [0.4, 0.5) is 0 Å². The van der Waals surface area contributed by atoms with Gasteiger partial charge in [-0.2, -0.15) is 0 Å². The number of rotatable bonds is 12. The number of carbonyl (C=O) groups excluding carboxylic acids is 1. The van der Waals surface area contributed by atoms with E-state index < -0.39 is 0 Å². The summed E-state index contributed by atoms with van der Waals surface area (Å²) in [4.78, 5) is 27.9. The van der Waals surface area contributed by atoms with Crippen LogP contribution < -0.4 is 0 Å². The molecule has 0 atom stereocenters. The van der Waals surface area contributed by atoms with Crippen molar-refractivity contribution in [1.82, 2.24) is 24.3 Å². The molecule has 0 unspecified atom stereocenters. The van der Waals surface area contributed by atoms with E-state index in [1.165, 1.54) is 32.4 Å². The van der Waals surface area contributed by atoms with Gasteiger partial charge in [-0.3, -0.25) is 9.78 Å². The number of benzene rings is 1. The van der Waals surface area contributed by atoms with E-state index in [1.807, 2.05) is 36.5 Å². The van der Waals surface area contributed by atoms with Crippen molar-refractivity contribution in [3.8, 4) is 11.5 Å². The first-order chi connectivity index (χ1) is 17.9. The maximum absolute atomic E-state index is 13.7. The van der Waals surface area contributed by atoms with E-state index >= 15 is 0 Å². The number of pyridine rings is 1. The number of likely N-dealkylation sites (tertiary alicyclic amines) is 1. The number of aromatic nitrogens is 3. The fraction of sp³-hybridized carbons (Fsp3) is 0.581. The Morgan fingerprint density at radius 1 is 0.946 bits per heavy atom. The molecule has 1 aromatic carbocycles. The highest BCUT2D eigenvalue weighted by molar-refractivity contribution is 5.98. The molecule has 6 heteroatoms. The number of aryl methyl sites for hydroxylation is 1. The SMILES string of the molecule is CC(C)CCN(CCC(C)C)C(=O)c1ccc2nc(-c3ccccn3)n(CCCN3CCCCC3)c2c1. The van der Waals surface area contributed by atoms with Crippen molar-refractivity contribution in [2.45, 2.75) is 72.8 Å². The molecule has 200 valence electrons. The predicted molar refractivity (Wildman–Crippen MR) is 153 cm³/mol. The number of carbonyl (C=O) groups is 1. The number of hydrogen-bond acceptors (Lipinski definition) is 4. The molecule has 1 aliphatic rings. The van der Waals surface area contributed by atoms with Crippen molar-refractivity contribution in [3.05, 3.63) is 48.2 Å². The van der Waals surface area contributed by atoms with E-state index in [4.69, 9.17) is 4.98 Å². The smallest absolute Gasteiger partial charge is 0.253 e. The van der Waals surface area contributed by atoms with Gasteiger partial charge in [-0.1, -0.05) is 40.2 Å². The summed E-state index contributed by atoms with van der Waals surface area (Å²) in [5, 5.41) is 0. The van der Waals surface area contributed by atoms with Crippen LogP contribution in [0.2, 0.25) is 0 Å². The van der Waals surface area contributed by atoms with Gasteiger partial charge < -0.3 is 14.4 Å². The molecule has 0 aliphatic carbocycles. The quantitative estimate of drug-likeness (QED) is 0.283. The van der Waals surface area contributed by atoms with E-state index in [0.717, 1.165) is 73.6 Å². The third kappa shape index (κ3) is 7.41. The predicted octanol–water partition coefficient (Wildman–Crippen LogP) is 6.51. The first kappa shape index (κ1) is 27.3. The van der Waals surface area contributed by atoms with Gasteiger partial charge in [0.15, 0.2) is 5.82 Å². The Morgan fingerprint density at radius 2 is 1.68 bits per heavy atom. The van der Waals surface area contributed by atoms with Crippen molar-refractivity contribution >= 4 is 16.9 Å². The summed E-state index contributed by atoms with van der Waals surface area (Å²) in [6.45, 7) is 14.9. The molecular weight excluding hydrogens is 458 g/mol. The minimum Gasteiger partial charge on any atom is -0.339 e. The minimum absolute atomic E-state index is 0.128. The van der Waals surface area contributed by atoms with Gasteiger partial charge in [0.25, 0.3) is 5.91 Å². The summed E-state index contributed by atoms with van der Waals surface area (Å²) in [7, 11) is 0. The number of nitrogens with zero attached hydrogens (tertiary/aromatic N) is 5. The highest BCUT2D eigenvalue weighted by atomic mass is 16.2. The topological polar surface area (TPSA) is 54.3 Å². The van der Waals surface area contributed by atoms with Crippen LogP contribution in [0.1, 0.15) is 76.6 Å². The van der Waals surface area contributed by atoms with Crippen LogP contribution in [0.5, 0.6) is 0 Å². The molecule has 0 N–H and O–H groups in total. The molecule has 1 saturated heterocycles. The second-order valence-electron chi connectivity index (χ2n) is 11.4. The molecule has 3 heterocycles. The lowest BCUT2D eigenvalue weighted by molar-refractivity contribution is 0.0741. The second-order valence-corrected chi connectivity index (χ2v) is 11.4. The summed E-state index contributed by atoms with van der Waals surface area (Å²) >= 11 is 0. The average molecular weight is 504 g/mol. The summed E-state index contributed by atoms with van der Waals surface area (Å²) in [6.07, 6.45) is 8.89. The Hall–Kier alpha value is -2.73. The van der Waals surface area contributed by atoms with Crippen molar-refractivity contribution < 1.29 is 4.79 Å². The molecule has 0 radical (unpaired) electrons. The first-order valence-corrected chi connectivity index (χ1v) is 14.4. The van der Waals surface area contributed by atoms with Gasteiger partial charge in [0.05, 0.1) is 11.0 Å². The average Bonchev–Trinajstić information content (AvgIpc) is 3.27. The number of piperidine rings is 1. The highest BCUT2D eigenvalue weighted by Crippen LogP contribution is 2.26. The Bertz CT molecular complexity index is 1120. The lowest BCUT2D eigenvalue weighted by atomic mass is 10.1. The van der Waals surface area contributed by atoms with Crippen molar-refractivity contribution in [1.29, 1.82) is 0 Å². The van der Waals surface area contributed by atoms with Crippen LogP contribution in [-0.2, 0) is 6.54 Å². The molecule has 0 spiro atoms. The van der Waals surface area contributed by atoms with Gasteiger partial charge in [-0.05, 0) is 93.9 Å². The van der Waals surface area contributed by atoms with Gasteiger partial charge in [-0.25, -0.2) is 4.98 Å². The maximum atomic E-state index is 13.7. The van der Waals surface area contributed by atoms with E-state index in [-0.39, 0.29) is 5.91 Å². The summed E-state index contributed by atoms with van der Waals surface area (Å²) in [5.74, 6) is 2.15. The third-order valence-corrected chi connectivity index (χ3v) is 7.43. The van der Waals surface area contributed by atoms with Gasteiger partial charge in [-0.15, -0.1) is 0 Å². The van der Waals surface area contributed by atoms with Gasteiger partial charge in [0.1, 0.15) is 5.69 Å². The molecule has 0 saturated carbocycles. The summed E-state index contributed by atoms with van der Waals surface area (Å²) in [6, 6.07) is 12.0. The van der Waals surface area contributed by atoms with Gasteiger partial charge >= 0.3 is 0 Å². The zero-order valence-corrected chi connectivity index (χ0v) is 23.3. The fourth-order valence-electron chi connectivity index (χ4n) is 5.13. The number of fused-ring (bicyclic) bond motifs is 1. The largest absolute Gasteiger partial charge is 0.339 e. The van der Waals surface area contributed by atoms with Gasteiger partial charge in [0.2, 0.25) is 0 Å². The monoisotopic (exact) mass is 503 g/mol. The van der Waals surface area contributed by atoms with Gasteiger partial charge in [0, 0.05) is 31.4 Å². The van der Waals surface area contributed by atoms with Crippen LogP contribution >= 0.6 is 0 Å². The zero-order chi connectivity index (χ0) is 26.2. The molecule has 1 amide bonds. The van der Waals surface area contributed by atoms with E-state index in [9.17, 15) is 4.79 Å². The highest BCUT2D eigenvalue weighted by Gasteiger charge is 2.20. The minimum atomic E-state index is 0.128. The summed E-state index contributed by atoms with van der Waals surface area (Å²) < 4.78 is 2.28. The van der Waals surface area contributed by atoms with E-state index in [0.29, 0.717) is 11.8 Å².